The molecule has 0 aliphatic rings. The van der Waals surface area contributed by atoms with Crippen molar-refractivity contribution in [1.82, 2.24) is 0 Å². The first kappa shape index (κ1) is 19.4. The Hall–Kier alpha value is -3.32. The van der Waals surface area contributed by atoms with Gasteiger partial charge in [-0.2, -0.15) is 10.5 Å². The summed E-state index contributed by atoms with van der Waals surface area (Å²) in [5, 5.41) is 19.1. The zero-order chi connectivity index (χ0) is 20.3. The minimum atomic E-state index is -1.22. The fraction of sp³-hybridized carbons (Fsp3) is 0. The minimum Gasteiger partial charge on any atom is -0.450 e. The predicted molar refractivity (Wildman–Crippen MR) is 98.8 cm³/mol. The highest BCUT2D eigenvalue weighted by atomic mass is 35.5. The van der Waals surface area contributed by atoms with E-state index in [1.165, 1.54) is 60.7 Å². The highest BCUT2D eigenvalue weighted by Crippen LogP contribution is 2.42. The summed E-state index contributed by atoms with van der Waals surface area (Å²) in [6.07, 6.45) is 0. The van der Waals surface area contributed by atoms with E-state index in [0.29, 0.717) is 10.0 Å². The Bertz CT molecular complexity index is 1030. The van der Waals surface area contributed by atoms with Gasteiger partial charge < -0.3 is 9.47 Å². The number of benzene rings is 3. The van der Waals surface area contributed by atoms with Crippen LogP contribution in [0, 0.1) is 34.3 Å². The molecule has 0 N–H and O–H groups in total. The number of nitrogens with zero attached hydrogens (tertiary/aromatic N) is 2. The lowest BCUT2D eigenvalue weighted by molar-refractivity contribution is 0.373. The maximum Gasteiger partial charge on any atom is 0.210 e. The summed E-state index contributed by atoms with van der Waals surface area (Å²) >= 11 is 11.6. The van der Waals surface area contributed by atoms with Crippen LogP contribution >= 0.6 is 23.2 Å². The van der Waals surface area contributed by atoms with Crippen molar-refractivity contribution in [3.8, 4) is 35.1 Å². The van der Waals surface area contributed by atoms with Gasteiger partial charge in [-0.15, -0.1) is 0 Å². The molecule has 0 aromatic heterocycles. The van der Waals surface area contributed by atoms with Gasteiger partial charge in [-0.05, 0) is 48.5 Å². The van der Waals surface area contributed by atoms with Crippen molar-refractivity contribution in [2.45, 2.75) is 0 Å². The van der Waals surface area contributed by atoms with Crippen LogP contribution in [0.2, 0.25) is 10.0 Å². The van der Waals surface area contributed by atoms with Crippen molar-refractivity contribution >= 4 is 23.2 Å². The molecule has 0 atom stereocenters. The third kappa shape index (κ3) is 3.84. The van der Waals surface area contributed by atoms with E-state index in [2.05, 4.69) is 0 Å². The fourth-order valence-corrected chi connectivity index (χ4v) is 2.53. The number of nitriles is 2. The molecule has 0 radical (unpaired) electrons. The topological polar surface area (TPSA) is 66.0 Å². The van der Waals surface area contributed by atoms with E-state index < -0.39 is 34.3 Å². The largest absolute Gasteiger partial charge is 0.450 e. The molecular weight excluding hydrogens is 409 g/mol. The van der Waals surface area contributed by atoms with Crippen molar-refractivity contribution in [2.24, 2.45) is 0 Å². The summed E-state index contributed by atoms with van der Waals surface area (Å²) in [5.41, 5.74) is -1.57. The molecule has 3 aromatic carbocycles. The van der Waals surface area contributed by atoms with E-state index in [4.69, 9.17) is 43.2 Å². The Morgan fingerprint density at radius 2 is 0.964 bits per heavy atom. The lowest BCUT2D eigenvalue weighted by atomic mass is 10.1. The molecule has 0 amide bonds. The third-order valence-corrected chi connectivity index (χ3v) is 4.09. The smallest absolute Gasteiger partial charge is 0.210 e. The number of hydrogen-bond acceptors (Lipinski definition) is 4. The normalized spacial score (nSPS) is 10.1. The summed E-state index contributed by atoms with van der Waals surface area (Å²) in [5.74, 6) is -3.55. The molecule has 138 valence electrons. The summed E-state index contributed by atoms with van der Waals surface area (Å²) in [7, 11) is 0. The average molecular weight is 417 g/mol. The molecule has 3 rings (SSSR count). The van der Waals surface area contributed by atoms with E-state index >= 15 is 0 Å². The summed E-state index contributed by atoms with van der Waals surface area (Å²) in [6.45, 7) is 0. The van der Waals surface area contributed by atoms with Crippen molar-refractivity contribution in [3.05, 3.63) is 81.3 Å². The first-order valence-corrected chi connectivity index (χ1v) is 8.42. The van der Waals surface area contributed by atoms with Crippen LogP contribution in [0.5, 0.6) is 23.0 Å². The highest BCUT2D eigenvalue weighted by molar-refractivity contribution is 6.30. The minimum absolute atomic E-state index is 0.122. The van der Waals surface area contributed by atoms with Crippen molar-refractivity contribution in [3.63, 3.8) is 0 Å². The number of ether oxygens (including phenoxy) is 2. The molecule has 28 heavy (non-hydrogen) atoms. The molecule has 8 heteroatoms. The summed E-state index contributed by atoms with van der Waals surface area (Å²) in [6, 6.07) is 14.6. The Labute approximate surface area is 168 Å². The number of rotatable bonds is 4. The molecule has 0 spiro atoms. The van der Waals surface area contributed by atoms with Gasteiger partial charge in [0.2, 0.25) is 11.5 Å². The average Bonchev–Trinajstić information content (AvgIpc) is 2.70. The lowest BCUT2D eigenvalue weighted by Gasteiger charge is -2.16. The molecule has 0 aliphatic carbocycles. The third-order valence-electron chi connectivity index (χ3n) is 3.58. The lowest BCUT2D eigenvalue weighted by Crippen LogP contribution is -2.03. The Morgan fingerprint density at radius 1 is 0.643 bits per heavy atom. The van der Waals surface area contributed by atoms with Gasteiger partial charge in [-0.1, -0.05) is 23.2 Å². The molecular formula is C20H8Cl2F2N2O2. The maximum atomic E-state index is 14.9. The molecule has 0 aliphatic heterocycles. The summed E-state index contributed by atoms with van der Waals surface area (Å²) < 4.78 is 40.7. The van der Waals surface area contributed by atoms with Crippen molar-refractivity contribution in [2.75, 3.05) is 0 Å². The van der Waals surface area contributed by atoms with Crippen LogP contribution in [0.4, 0.5) is 8.78 Å². The van der Waals surface area contributed by atoms with Crippen LogP contribution in [0.15, 0.2) is 48.5 Å². The van der Waals surface area contributed by atoms with E-state index in [-0.39, 0.29) is 11.5 Å². The summed E-state index contributed by atoms with van der Waals surface area (Å²) in [4.78, 5) is 0. The zero-order valence-electron chi connectivity index (χ0n) is 13.8. The van der Waals surface area contributed by atoms with E-state index in [9.17, 15) is 8.78 Å². The second-order valence-corrected chi connectivity index (χ2v) is 6.24. The maximum absolute atomic E-state index is 14.9. The standard InChI is InChI=1S/C20H8Cl2F2N2O2/c21-11-1-5-13(6-2-11)27-19-17(23)15(9-25)16(10-26)18(24)20(19)28-14-7-3-12(22)4-8-14/h1-8H. The van der Waals surface area contributed by atoms with Gasteiger partial charge in [0.1, 0.15) is 34.8 Å². The second-order valence-electron chi connectivity index (χ2n) is 5.37. The molecule has 3 aromatic rings. The molecule has 0 heterocycles. The predicted octanol–water partition coefficient (Wildman–Crippen LogP) is 6.60. The molecule has 0 saturated carbocycles. The molecule has 0 saturated heterocycles. The van der Waals surface area contributed by atoms with E-state index in [1.807, 2.05) is 0 Å². The van der Waals surface area contributed by atoms with Gasteiger partial charge in [0, 0.05) is 10.0 Å². The van der Waals surface area contributed by atoms with Crippen LogP contribution < -0.4 is 9.47 Å². The number of halogens is 4. The second kappa shape index (κ2) is 8.14. The van der Waals surface area contributed by atoms with Crippen molar-refractivity contribution < 1.29 is 18.3 Å². The monoisotopic (exact) mass is 416 g/mol. The SMILES string of the molecule is N#Cc1c(F)c(Oc2ccc(Cl)cc2)c(Oc2ccc(Cl)cc2)c(F)c1C#N. The molecule has 0 fully saturated rings. The quantitative estimate of drug-likeness (QED) is 0.480. The van der Waals surface area contributed by atoms with Crippen LogP contribution in [0.25, 0.3) is 0 Å². The first-order chi connectivity index (χ1) is 13.4. The van der Waals surface area contributed by atoms with Gasteiger partial charge in [-0.25, -0.2) is 8.78 Å². The van der Waals surface area contributed by atoms with Gasteiger partial charge in [-0.3, -0.25) is 0 Å². The van der Waals surface area contributed by atoms with Crippen LogP contribution in [-0.2, 0) is 0 Å². The van der Waals surface area contributed by atoms with Crippen LogP contribution in [0.3, 0.4) is 0 Å². The first-order valence-electron chi connectivity index (χ1n) is 7.66. The molecule has 4 nitrogen and oxygen atoms in total. The van der Waals surface area contributed by atoms with Gasteiger partial charge in [0.15, 0.2) is 11.6 Å². The van der Waals surface area contributed by atoms with E-state index in [1.54, 1.807) is 0 Å². The van der Waals surface area contributed by atoms with Gasteiger partial charge in [0.25, 0.3) is 0 Å². The van der Waals surface area contributed by atoms with Crippen LogP contribution in [-0.4, -0.2) is 0 Å². The van der Waals surface area contributed by atoms with E-state index in [0.717, 1.165) is 0 Å². The highest BCUT2D eigenvalue weighted by Gasteiger charge is 2.28. The zero-order valence-corrected chi connectivity index (χ0v) is 15.4. The van der Waals surface area contributed by atoms with Crippen molar-refractivity contribution in [1.29, 1.82) is 10.5 Å². The van der Waals surface area contributed by atoms with Gasteiger partial charge in [0.05, 0.1) is 0 Å². The van der Waals surface area contributed by atoms with Gasteiger partial charge >= 0.3 is 0 Å². The molecule has 0 unspecified atom stereocenters. The van der Waals surface area contributed by atoms with Crippen LogP contribution in [0.1, 0.15) is 11.1 Å². The Kier molecular flexibility index (Phi) is 5.65. The Balaban J connectivity index is 2.18. The molecule has 0 bridgehead atoms. The number of hydrogen-bond donors (Lipinski definition) is 0. The fourth-order valence-electron chi connectivity index (χ4n) is 2.28. The Morgan fingerprint density at radius 3 is 1.25 bits per heavy atom.